The molecule has 1 aliphatic rings. The minimum absolute atomic E-state index is 0.124. The summed E-state index contributed by atoms with van der Waals surface area (Å²) < 4.78 is 26.9. The highest BCUT2D eigenvalue weighted by molar-refractivity contribution is 7.99. The van der Waals surface area contributed by atoms with E-state index in [9.17, 15) is 18.4 Å². The van der Waals surface area contributed by atoms with E-state index in [0.29, 0.717) is 12.1 Å². The van der Waals surface area contributed by atoms with Gasteiger partial charge in [0.25, 0.3) is 5.91 Å². The number of carbonyl (C=O) groups excluding carboxylic acids is 1. The highest BCUT2D eigenvalue weighted by Gasteiger charge is 2.36. The van der Waals surface area contributed by atoms with Crippen molar-refractivity contribution in [3.8, 4) is 0 Å². The zero-order chi connectivity index (χ0) is 14.2. The molecule has 19 heavy (non-hydrogen) atoms. The maximum atomic E-state index is 13.6. The molecule has 1 fully saturated rings. The third kappa shape index (κ3) is 2.66. The van der Waals surface area contributed by atoms with Crippen LogP contribution in [-0.4, -0.2) is 39.6 Å². The van der Waals surface area contributed by atoms with Gasteiger partial charge in [0.05, 0.1) is 16.5 Å². The number of rotatable bonds is 2. The first kappa shape index (κ1) is 14.1. The molecule has 0 radical (unpaired) electrons. The van der Waals surface area contributed by atoms with Gasteiger partial charge in [0.1, 0.15) is 17.7 Å². The van der Waals surface area contributed by atoms with Gasteiger partial charge in [0.15, 0.2) is 0 Å². The second-order valence-electron chi connectivity index (χ2n) is 3.88. The van der Waals surface area contributed by atoms with Crippen LogP contribution in [0.3, 0.4) is 0 Å². The van der Waals surface area contributed by atoms with Crippen LogP contribution >= 0.6 is 23.4 Å². The van der Waals surface area contributed by atoms with E-state index in [1.54, 1.807) is 0 Å². The van der Waals surface area contributed by atoms with Gasteiger partial charge in [-0.15, -0.1) is 11.8 Å². The van der Waals surface area contributed by atoms with Crippen LogP contribution in [-0.2, 0) is 4.79 Å². The molecule has 0 saturated carbocycles. The first-order chi connectivity index (χ1) is 8.91. The number of hydrogen-bond acceptors (Lipinski definition) is 3. The molecule has 0 spiro atoms. The van der Waals surface area contributed by atoms with Crippen molar-refractivity contribution in [3.05, 3.63) is 34.4 Å². The second kappa shape index (κ2) is 5.34. The standard InChI is InChI=1S/C11H8ClF2NO3S/c12-6-2-7(13)5(1-8(6)14)10(16)15-4-19-3-9(15)11(17)18/h1-2,9H,3-4H2,(H,17,18)/t9-/m0/s1. The van der Waals surface area contributed by atoms with E-state index < -0.39 is 40.1 Å². The van der Waals surface area contributed by atoms with Gasteiger partial charge in [-0.05, 0) is 12.1 Å². The predicted octanol–water partition coefficient (Wildman–Crippen LogP) is 2.22. The lowest BCUT2D eigenvalue weighted by Gasteiger charge is -2.20. The minimum Gasteiger partial charge on any atom is -0.480 e. The molecule has 1 saturated heterocycles. The second-order valence-corrected chi connectivity index (χ2v) is 5.28. The lowest BCUT2D eigenvalue weighted by Crippen LogP contribution is -2.42. The zero-order valence-corrected chi connectivity index (χ0v) is 11.0. The maximum absolute atomic E-state index is 13.6. The fraction of sp³-hybridized carbons (Fsp3) is 0.273. The van der Waals surface area contributed by atoms with Crippen LogP contribution in [0.2, 0.25) is 5.02 Å². The maximum Gasteiger partial charge on any atom is 0.327 e. The number of carbonyl (C=O) groups is 2. The third-order valence-corrected chi connectivity index (χ3v) is 3.97. The zero-order valence-electron chi connectivity index (χ0n) is 9.40. The van der Waals surface area contributed by atoms with Crippen molar-refractivity contribution in [2.45, 2.75) is 6.04 Å². The predicted molar refractivity (Wildman–Crippen MR) is 66.3 cm³/mol. The van der Waals surface area contributed by atoms with Crippen LogP contribution in [0.4, 0.5) is 8.78 Å². The molecule has 1 amide bonds. The van der Waals surface area contributed by atoms with Crippen LogP contribution in [0.15, 0.2) is 12.1 Å². The lowest BCUT2D eigenvalue weighted by molar-refractivity contribution is -0.140. The molecule has 1 atom stereocenters. The van der Waals surface area contributed by atoms with Gasteiger partial charge in [-0.1, -0.05) is 11.6 Å². The van der Waals surface area contributed by atoms with Crippen LogP contribution < -0.4 is 0 Å². The normalized spacial score (nSPS) is 18.7. The Kier molecular flexibility index (Phi) is 3.96. The molecule has 1 aliphatic heterocycles. The van der Waals surface area contributed by atoms with Crippen molar-refractivity contribution in [2.24, 2.45) is 0 Å². The average molecular weight is 308 g/mol. The lowest BCUT2D eigenvalue weighted by atomic mass is 10.1. The Morgan fingerprint density at radius 3 is 2.68 bits per heavy atom. The summed E-state index contributed by atoms with van der Waals surface area (Å²) in [5, 5.41) is 8.52. The number of nitrogens with zero attached hydrogens (tertiary/aromatic N) is 1. The Morgan fingerprint density at radius 1 is 1.37 bits per heavy atom. The Morgan fingerprint density at radius 2 is 2.05 bits per heavy atom. The fourth-order valence-corrected chi connectivity index (χ4v) is 2.98. The van der Waals surface area contributed by atoms with Gasteiger partial charge in [0.2, 0.25) is 0 Å². The summed E-state index contributed by atoms with van der Waals surface area (Å²) in [6.07, 6.45) is 0. The molecular weight excluding hydrogens is 300 g/mol. The number of carboxylic acids is 1. The Labute approximate surface area is 116 Å². The Bertz CT molecular complexity index is 555. The van der Waals surface area contributed by atoms with Gasteiger partial charge >= 0.3 is 5.97 Å². The molecule has 102 valence electrons. The van der Waals surface area contributed by atoms with Crippen molar-refractivity contribution >= 4 is 35.2 Å². The summed E-state index contributed by atoms with van der Waals surface area (Å²) in [4.78, 5) is 24.0. The highest BCUT2D eigenvalue weighted by atomic mass is 35.5. The molecule has 0 bridgehead atoms. The average Bonchev–Trinajstić information content (AvgIpc) is 2.82. The van der Waals surface area contributed by atoms with Crippen molar-refractivity contribution in [1.82, 2.24) is 4.90 Å². The van der Waals surface area contributed by atoms with E-state index >= 15 is 0 Å². The number of aliphatic carboxylic acids is 1. The number of benzene rings is 1. The number of thioether (sulfide) groups is 1. The van der Waals surface area contributed by atoms with Crippen molar-refractivity contribution in [2.75, 3.05) is 11.6 Å². The topological polar surface area (TPSA) is 57.6 Å². The van der Waals surface area contributed by atoms with Crippen LogP contribution in [0.5, 0.6) is 0 Å². The fourth-order valence-electron chi connectivity index (χ4n) is 1.69. The summed E-state index contributed by atoms with van der Waals surface area (Å²) in [6.45, 7) is 0. The van der Waals surface area contributed by atoms with Crippen LogP contribution in [0.1, 0.15) is 10.4 Å². The van der Waals surface area contributed by atoms with E-state index in [4.69, 9.17) is 16.7 Å². The van der Waals surface area contributed by atoms with Gasteiger partial charge in [-0.3, -0.25) is 4.79 Å². The highest BCUT2D eigenvalue weighted by Crippen LogP contribution is 2.26. The first-order valence-electron chi connectivity index (χ1n) is 5.18. The smallest absolute Gasteiger partial charge is 0.327 e. The molecule has 1 aromatic carbocycles. The quantitative estimate of drug-likeness (QED) is 0.851. The van der Waals surface area contributed by atoms with Gasteiger partial charge in [0, 0.05) is 5.75 Å². The molecule has 0 aromatic heterocycles. The van der Waals surface area contributed by atoms with Crippen molar-refractivity contribution in [3.63, 3.8) is 0 Å². The molecule has 0 unspecified atom stereocenters. The molecule has 1 N–H and O–H groups in total. The third-order valence-electron chi connectivity index (χ3n) is 2.67. The van der Waals surface area contributed by atoms with Crippen molar-refractivity contribution < 1.29 is 23.5 Å². The SMILES string of the molecule is O=C(O)[C@@H]1CSCN1C(=O)c1cc(F)c(Cl)cc1F. The van der Waals surface area contributed by atoms with E-state index in [2.05, 4.69) is 0 Å². The van der Waals surface area contributed by atoms with Crippen molar-refractivity contribution in [1.29, 1.82) is 0 Å². The first-order valence-corrected chi connectivity index (χ1v) is 6.71. The monoisotopic (exact) mass is 307 g/mol. The summed E-state index contributed by atoms with van der Waals surface area (Å²) in [6, 6.07) is 0.348. The van der Waals surface area contributed by atoms with Gasteiger partial charge in [-0.25, -0.2) is 13.6 Å². The summed E-state index contributed by atoms with van der Waals surface area (Å²) in [5.74, 6) is -3.58. The van der Waals surface area contributed by atoms with Crippen LogP contribution in [0.25, 0.3) is 0 Å². The summed E-state index contributed by atoms with van der Waals surface area (Å²) in [7, 11) is 0. The number of hydrogen-bond donors (Lipinski definition) is 1. The molecule has 0 aliphatic carbocycles. The molecule has 2 rings (SSSR count). The van der Waals surface area contributed by atoms with E-state index in [1.807, 2.05) is 0 Å². The molecule has 1 heterocycles. The van der Waals surface area contributed by atoms with E-state index in [0.717, 1.165) is 4.90 Å². The largest absolute Gasteiger partial charge is 0.480 e. The van der Waals surface area contributed by atoms with Gasteiger partial charge < -0.3 is 10.0 Å². The minimum atomic E-state index is -1.17. The Hall–Kier alpha value is -1.34. The molecule has 4 nitrogen and oxygen atoms in total. The number of carboxylic acid groups (broad SMARTS) is 1. The summed E-state index contributed by atoms with van der Waals surface area (Å²) in [5.41, 5.74) is -0.518. The Balaban J connectivity index is 2.34. The van der Waals surface area contributed by atoms with E-state index in [-0.39, 0.29) is 11.6 Å². The van der Waals surface area contributed by atoms with Gasteiger partial charge in [-0.2, -0.15) is 0 Å². The molecule has 1 aromatic rings. The molecular formula is C11H8ClF2NO3S. The molecule has 8 heteroatoms. The number of halogens is 3. The number of amides is 1. The van der Waals surface area contributed by atoms with E-state index in [1.165, 1.54) is 11.8 Å². The van der Waals surface area contributed by atoms with Crippen LogP contribution in [0, 0.1) is 11.6 Å². The summed E-state index contributed by atoms with van der Waals surface area (Å²) >= 11 is 6.63.